The molecule has 2 aromatic carbocycles. The fourth-order valence-corrected chi connectivity index (χ4v) is 3.96. The van der Waals surface area contributed by atoms with Crippen LogP contribution in [0.3, 0.4) is 0 Å². The van der Waals surface area contributed by atoms with Gasteiger partial charge in [0.05, 0.1) is 37.5 Å². The molecule has 0 fully saturated rings. The van der Waals surface area contributed by atoms with E-state index in [2.05, 4.69) is 0 Å². The van der Waals surface area contributed by atoms with Crippen LogP contribution >= 0.6 is 0 Å². The molecule has 0 saturated heterocycles. The summed E-state index contributed by atoms with van der Waals surface area (Å²) < 4.78 is 14.6. The first-order valence-electron chi connectivity index (χ1n) is 10.5. The van der Waals surface area contributed by atoms with Crippen molar-refractivity contribution in [1.29, 1.82) is 0 Å². The van der Waals surface area contributed by atoms with Crippen molar-refractivity contribution in [1.82, 2.24) is 14.3 Å². The van der Waals surface area contributed by atoms with Crippen LogP contribution in [0.4, 0.5) is 0 Å². The maximum Gasteiger partial charge on any atom is 0.274 e. The second-order valence-electron chi connectivity index (χ2n) is 7.47. The Hall–Kier alpha value is -3.32. The Morgan fingerprint density at radius 1 is 1.00 bits per heavy atom. The molecule has 0 saturated carbocycles. The Morgan fingerprint density at radius 2 is 1.71 bits per heavy atom. The molecule has 4 rings (SSSR count). The molecule has 0 atom stereocenters. The summed E-state index contributed by atoms with van der Waals surface area (Å²) in [4.78, 5) is 27.7. The van der Waals surface area contributed by atoms with Crippen LogP contribution < -0.4 is 10.3 Å². The first kappa shape index (κ1) is 20.9. The van der Waals surface area contributed by atoms with E-state index in [0.717, 1.165) is 22.7 Å². The van der Waals surface area contributed by atoms with E-state index < -0.39 is 0 Å². The molecule has 1 amide bonds. The molecule has 7 heteroatoms. The second-order valence-corrected chi connectivity index (χ2v) is 7.47. The highest BCUT2D eigenvalue weighted by atomic mass is 16.5. The highest BCUT2D eigenvalue weighted by molar-refractivity contribution is 5.76. The highest BCUT2D eigenvalue weighted by Crippen LogP contribution is 2.20. The standard InChI is InChI=1S/C24H27N3O4/c1-30-16-13-23(28)25-14-12-21-22(18-25)26(15-17-31-20-10-6-3-7-11-20)27(24(21)29)19-8-4-2-5-9-19/h2-11H,12-18H2,1H3. The van der Waals surface area contributed by atoms with Crippen molar-refractivity contribution in [3.05, 3.63) is 82.3 Å². The summed E-state index contributed by atoms with van der Waals surface area (Å²) in [6.07, 6.45) is 0.888. The Labute approximate surface area is 181 Å². The first-order chi connectivity index (χ1) is 15.2. The van der Waals surface area contributed by atoms with Crippen LogP contribution in [0.25, 0.3) is 5.69 Å². The van der Waals surface area contributed by atoms with Crippen molar-refractivity contribution in [2.45, 2.75) is 25.9 Å². The van der Waals surface area contributed by atoms with E-state index in [-0.39, 0.29) is 11.5 Å². The molecule has 0 aliphatic carbocycles. The molecule has 3 aromatic rings. The van der Waals surface area contributed by atoms with Crippen LogP contribution in [-0.2, 0) is 29.0 Å². The molecule has 1 aliphatic rings. The average Bonchev–Trinajstić information content (AvgIpc) is 3.09. The van der Waals surface area contributed by atoms with Gasteiger partial charge in [-0.05, 0) is 30.7 Å². The van der Waals surface area contributed by atoms with E-state index in [9.17, 15) is 9.59 Å². The van der Waals surface area contributed by atoms with Gasteiger partial charge in [-0.3, -0.25) is 14.3 Å². The highest BCUT2D eigenvalue weighted by Gasteiger charge is 2.28. The monoisotopic (exact) mass is 421 g/mol. The molecule has 0 N–H and O–H groups in total. The van der Waals surface area contributed by atoms with Gasteiger partial charge in [-0.1, -0.05) is 36.4 Å². The normalized spacial score (nSPS) is 13.1. The molecule has 0 unspecified atom stereocenters. The summed E-state index contributed by atoms with van der Waals surface area (Å²) in [6, 6.07) is 19.2. The third-order valence-corrected chi connectivity index (χ3v) is 5.51. The predicted molar refractivity (Wildman–Crippen MR) is 118 cm³/mol. The fraction of sp³-hybridized carbons (Fsp3) is 0.333. The van der Waals surface area contributed by atoms with E-state index >= 15 is 0 Å². The van der Waals surface area contributed by atoms with Crippen molar-refractivity contribution in [3.8, 4) is 11.4 Å². The number of hydrogen-bond donors (Lipinski definition) is 0. The lowest BCUT2D eigenvalue weighted by molar-refractivity contribution is -0.133. The predicted octanol–water partition coefficient (Wildman–Crippen LogP) is 2.64. The number of hydrogen-bond acceptors (Lipinski definition) is 4. The molecule has 31 heavy (non-hydrogen) atoms. The number of aromatic nitrogens is 2. The molecule has 1 aliphatic heterocycles. The minimum Gasteiger partial charge on any atom is -0.492 e. The molecular weight excluding hydrogens is 394 g/mol. The van der Waals surface area contributed by atoms with Gasteiger partial charge in [-0.15, -0.1) is 0 Å². The van der Waals surface area contributed by atoms with Crippen molar-refractivity contribution in [2.24, 2.45) is 0 Å². The lowest BCUT2D eigenvalue weighted by Crippen LogP contribution is -2.38. The van der Waals surface area contributed by atoms with Crippen LogP contribution in [0.1, 0.15) is 17.7 Å². The Bertz CT molecular complexity index is 1070. The third-order valence-electron chi connectivity index (χ3n) is 5.51. The summed E-state index contributed by atoms with van der Waals surface area (Å²) >= 11 is 0. The number of para-hydroxylation sites is 2. The number of carbonyl (C=O) groups is 1. The lowest BCUT2D eigenvalue weighted by atomic mass is 10.1. The Kier molecular flexibility index (Phi) is 6.52. The number of benzene rings is 2. The molecular formula is C24H27N3O4. The van der Waals surface area contributed by atoms with E-state index in [0.29, 0.717) is 45.7 Å². The molecule has 2 heterocycles. The smallest absolute Gasteiger partial charge is 0.274 e. The van der Waals surface area contributed by atoms with Crippen molar-refractivity contribution >= 4 is 5.91 Å². The number of carbonyl (C=O) groups excluding carboxylic acids is 1. The van der Waals surface area contributed by atoms with Gasteiger partial charge in [0.15, 0.2) is 0 Å². The van der Waals surface area contributed by atoms with E-state index in [1.807, 2.05) is 70.2 Å². The zero-order valence-electron chi connectivity index (χ0n) is 17.7. The van der Waals surface area contributed by atoms with Crippen LogP contribution in [0.2, 0.25) is 0 Å². The van der Waals surface area contributed by atoms with Crippen LogP contribution in [0.15, 0.2) is 65.5 Å². The largest absolute Gasteiger partial charge is 0.492 e. The number of nitrogens with zero attached hydrogens (tertiary/aromatic N) is 3. The molecule has 7 nitrogen and oxygen atoms in total. The summed E-state index contributed by atoms with van der Waals surface area (Å²) in [6.45, 7) is 2.26. The summed E-state index contributed by atoms with van der Waals surface area (Å²) in [5.74, 6) is 0.827. The Morgan fingerprint density at radius 3 is 2.42 bits per heavy atom. The summed E-state index contributed by atoms with van der Waals surface area (Å²) in [7, 11) is 1.59. The van der Waals surface area contributed by atoms with Gasteiger partial charge in [0.25, 0.3) is 5.56 Å². The van der Waals surface area contributed by atoms with Crippen LogP contribution in [0, 0.1) is 0 Å². The van der Waals surface area contributed by atoms with Crippen molar-refractivity contribution < 1.29 is 14.3 Å². The summed E-state index contributed by atoms with van der Waals surface area (Å²) in [5, 5.41) is 0. The maximum atomic E-state index is 13.3. The number of ether oxygens (including phenoxy) is 2. The molecule has 1 aromatic heterocycles. The zero-order valence-corrected chi connectivity index (χ0v) is 17.7. The van der Waals surface area contributed by atoms with E-state index in [4.69, 9.17) is 9.47 Å². The molecule has 0 radical (unpaired) electrons. The van der Waals surface area contributed by atoms with E-state index in [1.165, 1.54) is 0 Å². The number of fused-ring (bicyclic) bond motifs is 1. The van der Waals surface area contributed by atoms with Gasteiger partial charge in [0.1, 0.15) is 12.4 Å². The van der Waals surface area contributed by atoms with Gasteiger partial charge < -0.3 is 14.4 Å². The quantitative estimate of drug-likeness (QED) is 0.561. The SMILES string of the molecule is COCCC(=O)N1CCc2c(n(CCOc3ccccc3)n(-c3ccccc3)c2=O)C1. The third kappa shape index (κ3) is 4.56. The minimum absolute atomic E-state index is 0.0232. The van der Waals surface area contributed by atoms with Gasteiger partial charge in [0.2, 0.25) is 5.91 Å². The van der Waals surface area contributed by atoms with Gasteiger partial charge >= 0.3 is 0 Å². The van der Waals surface area contributed by atoms with Crippen molar-refractivity contribution in [2.75, 3.05) is 26.9 Å². The van der Waals surface area contributed by atoms with Crippen LogP contribution in [0.5, 0.6) is 5.75 Å². The zero-order chi connectivity index (χ0) is 21.6. The molecule has 0 bridgehead atoms. The van der Waals surface area contributed by atoms with Crippen LogP contribution in [-0.4, -0.2) is 47.0 Å². The number of methoxy groups -OCH3 is 1. The second kappa shape index (κ2) is 9.66. The lowest BCUT2D eigenvalue weighted by Gasteiger charge is -2.28. The molecule has 0 spiro atoms. The number of amides is 1. The summed E-state index contributed by atoms with van der Waals surface area (Å²) in [5.41, 5.74) is 2.44. The van der Waals surface area contributed by atoms with Gasteiger partial charge in [0, 0.05) is 19.2 Å². The first-order valence-corrected chi connectivity index (χ1v) is 10.5. The molecule has 162 valence electrons. The van der Waals surface area contributed by atoms with Crippen molar-refractivity contribution in [3.63, 3.8) is 0 Å². The fourth-order valence-electron chi connectivity index (χ4n) is 3.96. The topological polar surface area (TPSA) is 65.7 Å². The average molecular weight is 421 g/mol. The minimum atomic E-state index is -0.0232. The maximum absolute atomic E-state index is 13.3. The van der Waals surface area contributed by atoms with Gasteiger partial charge in [-0.2, -0.15) is 0 Å². The number of rotatable bonds is 8. The van der Waals surface area contributed by atoms with E-state index in [1.54, 1.807) is 11.8 Å². The van der Waals surface area contributed by atoms with Gasteiger partial charge in [-0.25, -0.2) is 4.68 Å². The Balaban J connectivity index is 1.64.